The summed E-state index contributed by atoms with van der Waals surface area (Å²) in [5, 5.41) is 0.672. The fourth-order valence-corrected chi connectivity index (χ4v) is 5.29. The molecular formula is C20H21N3O4S2. The minimum absolute atomic E-state index is 0.0154. The van der Waals surface area contributed by atoms with E-state index in [1.54, 1.807) is 19.2 Å². The van der Waals surface area contributed by atoms with Crippen molar-refractivity contribution in [3.63, 3.8) is 0 Å². The number of fused-ring (bicyclic) bond motifs is 1. The van der Waals surface area contributed by atoms with Crippen molar-refractivity contribution in [2.75, 3.05) is 37.9 Å². The fraction of sp³-hybridized carbons (Fsp3) is 0.300. The van der Waals surface area contributed by atoms with Gasteiger partial charge < -0.3 is 14.5 Å². The summed E-state index contributed by atoms with van der Waals surface area (Å²) in [6, 6.07) is 12.8. The molecule has 4 rings (SSSR count). The first-order valence-corrected chi connectivity index (χ1v) is 11.8. The second-order valence-corrected chi connectivity index (χ2v) is 9.95. The van der Waals surface area contributed by atoms with Crippen LogP contribution in [0, 0.1) is 0 Å². The molecule has 2 heterocycles. The van der Waals surface area contributed by atoms with Crippen molar-refractivity contribution in [1.29, 1.82) is 0 Å². The van der Waals surface area contributed by atoms with Gasteiger partial charge in [0, 0.05) is 25.9 Å². The van der Waals surface area contributed by atoms with E-state index in [9.17, 15) is 13.2 Å². The van der Waals surface area contributed by atoms with Gasteiger partial charge in [0.1, 0.15) is 11.3 Å². The molecule has 0 unspecified atom stereocenters. The molecule has 152 valence electrons. The molecular weight excluding hydrogens is 410 g/mol. The Kier molecular flexibility index (Phi) is 5.18. The lowest BCUT2D eigenvalue weighted by Crippen LogP contribution is -2.50. The molecule has 1 saturated heterocycles. The Labute approximate surface area is 173 Å². The number of amides is 1. The summed E-state index contributed by atoms with van der Waals surface area (Å²) in [5.41, 5.74) is 1.49. The largest absolute Gasteiger partial charge is 0.497 e. The van der Waals surface area contributed by atoms with Crippen LogP contribution >= 0.6 is 11.3 Å². The summed E-state index contributed by atoms with van der Waals surface area (Å²) < 4.78 is 30.1. The predicted octanol–water partition coefficient (Wildman–Crippen LogP) is 2.56. The van der Waals surface area contributed by atoms with Crippen molar-refractivity contribution in [1.82, 2.24) is 9.88 Å². The lowest BCUT2D eigenvalue weighted by Gasteiger charge is -2.34. The van der Waals surface area contributed by atoms with E-state index in [-0.39, 0.29) is 17.3 Å². The second kappa shape index (κ2) is 7.64. The molecule has 1 aliphatic heterocycles. The highest BCUT2D eigenvalue weighted by atomic mass is 32.2. The van der Waals surface area contributed by atoms with Crippen molar-refractivity contribution >= 4 is 42.4 Å². The van der Waals surface area contributed by atoms with Gasteiger partial charge in [-0.2, -0.15) is 0 Å². The van der Waals surface area contributed by atoms with Crippen LogP contribution in [0.3, 0.4) is 0 Å². The number of anilines is 1. The van der Waals surface area contributed by atoms with Crippen molar-refractivity contribution in [2.45, 2.75) is 11.4 Å². The monoisotopic (exact) mass is 431 g/mol. The van der Waals surface area contributed by atoms with Crippen LogP contribution < -0.4 is 9.64 Å². The molecule has 7 nitrogen and oxygen atoms in total. The minimum Gasteiger partial charge on any atom is -0.497 e. The molecule has 0 atom stereocenters. The molecule has 1 aliphatic rings. The van der Waals surface area contributed by atoms with E-state index in [1.165, 1.54) is 17.6 Å². The highest BCUT2D eigenvalue weighted by Gasteiger charge is 2.27. The number of thiazole rings is 1. The molecule has 0 aliphatic carbocycles. The van der Waals surface area contributed by atoms with Gasteiger partial charge in [0.25, 0.3) is 0 Å². The van der Waals surface area contributed by atoms with Crippen LogP contribution in [0.5, 0.6) is 5.75 Å². The van der Waals surface area contributed by atoms with Crippen molar-refractivity contribution < 1.29 is 17.9 Å². The zero-order valence-corrected chi connectivity index (χ0v) is 17.8. The number of para-hydroxylation sites is 1. The summed E-state index contributed by atoms with van der Waals surface area (Å²) in [4.78, 5) is 21.2. The number of aromatic nitrogens is 1. The average Bonchev–Trinajstić information content (AvgIpc) is 3.13. The van der Waals surface area contributed by atoms with Gasteiger partial charge in [0.05, 0.1) is 23.2 Å². The maximum absolute atomic E-state index is 12.7. The SMILES string of the molecule is COc1cccc(CN2CCN(c3nc4c(S(C)(=O)=O)cccc4s3)CC2=O)c1. The maximum atomic E-state index is 12.7. The van der Waals surface area contributed by atoms with E-state index in [0.717, 1.165) is 16.0 Å². The van der Waals surface area contributed by atoms with Gasteiger partial charge in [-0.05, 0) is 29.8 Å². The molecule has 0 spiro atoms. The van der Waals surface area contributed by atoms with E-state index in [0.29, 0.717) is 30.3 Å². The Morgan fingerprint density at radius 3 is 2.69 bits per heavy atom. The van der Waals surface area contributed by atoms with Crippen LogP contribution in [0.2, 0.25) is 0 Å². The quantitative estimate of drug-likeness (QED) is 0.618. The third kappa shape index (κ3) is 4.06. The van der Waals surface area contributed by atoms with Crippen LogP contribution in [0.25, 0.3) is 10.2 Å². The highest BCUT2D eigenvalue weighted by molar-refractivity contribution is 7.91. The number of hydrogen-bond acceptors (Lipinski definition) is 7. The number of methoxy groups -OCH3 is 1. The lowest BCUT2D eigenvalue weighted by atomic mass is 10.2. The number of piperazine rings is 1. The summed E-state index contributed by atoms with van der Waals surface area (Å²) in [5.74, 6) is 0.784. The molecule has 0 saturated carbocycles. The van der Waals surface area contributed by atoms with Crippen LogP contribution in [0.4, 0.5) is 5.13 Å². The topological polar surface area (TPSA) is 79.8 Å². The van der Waals surface area contributed by atoms with Gasteiger partial charge in [-0.1, -0.05) is 29.5 Å². The minimum atomic E-state index is -3.37. The molecule has 9 heteroatoms. The summed E-state index contributed by atoms with van der Waals surface area (Å²) >= 11 is 1.41. The summed E-state index contributed by atoms with van der Waals surface area (Å²) in [6.45, 7) is 1.97. The molecule has 29 heavy (non-hydrogen) atoms. The molecule has 0 N–H and O–H groups in total. The van der Waals surface area contributed by atoms with E-state index < -0.39 is 9.84 Å². The van der Waals surface area contributed by atoms with Gasteiger partial charge in [0.2, 0.25) is 5.91 Å². The summed E-state index contributed by atoms with van der Waals surface area (Å²) in [6.07, 6.45) is 1.18. The average molecular weight is 432 g/mol. The number of benzene rings is 2. The summed E-state index contributed by atoms with van der Waals surface area (Å²) in [7, 11) is -1.75. The first-order valence-electron chi connectivity index (χ1n) is 9.10. The molecule has 0 radical (unpaired) electrons. The number of carbonyl (C=O) groups excluding carboxylic acids is 1. The Morgan fingerprint density at radius 2 is 1.97 bits per heavy atom. The number of hydrogen-bond donors (Lipinski definition) is 0. The predicted molar refractivity (Wildman–Crippen MR) is 113 cm³/mol. The van der Waals surface area contributed by atoms with E-state index in [4.69, 9.17) is 4.74 Å². The van der Waals surface area contributed by atoms with Gasteiger partial charge in [-0.3, -0.25) is 4.79 Å². The van der Waals surface area contributed by atoms with Crippen LogP contribution in [0.15, 0.2) is 47.4 Å². The first-order chi connectivity index (χ1) is 13.8. The smallest absolute Gasteiger partial charge is 0.242 e. The number of sulfone groups is 1. The van der Waals surface area contributed by atoms with E-state index in [1.807, 2.05) is 40.1 Å². The van der Waals surface area contributed by atoms with Crippen molar-refractivity contribution in [2.24, 2.45) is 0 Å². The van der Waals surface area contributed by atoms with Crippen LogP contribution in [-0.4, -0.2) is 57.2 Å². The zero-order chi connectivity index (χ0) is 20.6. The second-order valence-electron chi connectivity index (χ2n) is 6.96. The molecule has 3 aromatic rings. The Hall–Kier alpha value is -2.65. The Morgan fingerprint density at radius 1 is 1.17 bits per heavy atom. The standard InChI is InChI=1S/C20H21N3O4S2/c1-27-15-6-3-5-14(11-15)12-22-9-10-23(13-18(22)24)20-21-19-16(28-20)7-4-8-17(19)29(2,25)26/h3-8,11H,9-10,12-13H2,1-2H3. The molecule has 2 aromatic carbocycles. The van der Waals surface area contributed by atoms with Crippen LogP contribution in [-0.2, 0) is 21.2 Å². The normalized spacial score (nSPS) is 15.2. The third-order valence-corrected chi connectivity index (χ3v) is 7.08. The number of carbonyl (C=O) groups is 1. The van der Waals surface area contributed by atoms with Gasteiger partial charge in [-0.15, -0.1) is 0 Å². The van der Waals surface area contributed by atoms with Crippen LogP contribution in [0.1, 0.15) is 5.56 Å². The number of rotatable bonds is 5. The lowest BCUT2D eigenvalue weighted by molar-refractivity contribution is -0.131. The van der Waals surface area contributed by atoms with E-state index in [2.05, 4.69) is 4.98 Å². The van der Waals surface area contributed by atoms with Gasteiger partial charge in [0.15, 0.2) is 15.0 Å². The number of ether oxygens (including phenoxy) is 1. The zero-order valence-electron chi connectivity index (χ0n) is 16.2. The highest BCUT2D eigenvalue weighted by Crippen LogP contribution is 2.33. The van der Waals surface area contributed by atoms with Gasteiger partial charge in [-0.25, -0.2) is 13.4 Å². The van der Waals surface area contributed by atoms with E-state index >= 15 is 0 Å². The van der Waals surface area contributed by atoms with Gasteiger partial charge >= 0.3 is 0 Å². The molecule has 0 bridgehead atoms. The first kappa shape index (κ1) is 19.7. The van der Waals surface area contributed by atoms with Crippen molar-refractivity contribution in [3.8, 4) is 5.75 Å². The number of nitrogens with zero attached hydrogens (tertiary/aromatic N) is 3. The van der Waals surface area contributed by atoms with Crippen molar-refractivity contribution in [3.05, 3.63) is 48.0 Å². The molecule has 1 amide bonds. The Bertz CT molecular complexity index is 1170. The third-order valence-electron chi connectivity index (χ3n) is 4.87. The fourth-order valence-electron chi connectivity index (χ4n) is 3.38. The maximum Gasteiger partial charge on any atom is 0.242 e. The Balaban J connectivity index is 1.52. The molecule has 1 fully saturated rings. The molecule has 1 aromatic heterocycles.